The molecule has 1 aromatic rings. The highest BCUT2D eigenvalue weighted by molar-refractivity contribution is 5.57. The van der Waals surface area contributed by atoms with Gasteiger partial charge >= 0.3 is 0 Å². The number of fused-ring (bicyclic) bond motifs is 7. The molecule has 22 heavy (non-hydrogen) atoms. The highest BCUT2D eigenvalue weighted by Crippen LogP contribution is 2.70. The second kappa shape index (κ2) is 4.07. The van der Waals surface area contributed by atoms with Crippen molar-refractivity contribution in [3.05, 3.63) is 53.6 Å². The molecule has 1 heteroatoms. The van der Waals surface area contributed by atoms with Gasteiger partial charge in [-0.3, -0.25) is 0 Å². The van der Waals surface area contributed by atoms with E-state index in [2.05, 4.69) is 50.4 Å². The van der Waals surface area contributed by atoms with E-state index in [4.69, 9.17) is 0 Å². The van der Waals surface area contributed by atoms with Crippen LogP contribution in [0.1, 0.15) is 42.2 Å². The van der Waals surface area contributed by atoms with Crippen molar-refractivity contribution in [2.45, 2.75) is 31.1 Å². The maximum absolute atomic E-state index is 4.42. The molecule has 0 saturated heterocycles. The quantitative estimate of drug-likeness (QED) is 0.723. The Balaban J connectivity index is 1.63. The molecule has 5 aliphatic carbocycles. The summed E-state index contributed by atoms with van der Waals surface area (Å²) in [6.07, 6.45) is 4.10. The number of allylic oxidation sites excluding steroid dienone is 2. The molecule has 1 nitrogen and oxygen atoms in total. The Bertz CT molecular complexity index is 698. The van der Waals surface area contributed by atoms with Crippen molar-refractivity contribution in [3.63, 3.8) is 0 Å². The van der Waals surface area contributed by atoms with Crippen LogP contribution in [0.3, 0.4) is 0 Å². The molecule has 4 saturated carbocycles. The third-order valence-corrected chi connectivity index (χ3v) is 7.29. The van der Waals surface area contributed by atoms with Crippen LogP contribution >= 0.6 is 0 Å². The number of anilines is 1. The second-order valence-corrected chi connectivity index (χ2v) is 8.15. The lowest BCUT2D eigenvalue weighted by molar-refractivity contribution is 0.101. The first-order chi connectivity index (χ1) is 10.6. The van der Waals surface area contributed by atoms with Crippen LogP contribution in [0.2, 0.25) is 0 Å². The fraction of sp³-hybridized carbons (Fsp3) is 0.524. The maximum atomic E-state index is 4.42. The van der Waals surface area contributed by atoms with Gasteiger partial charge in [0.05, 0.1) is 0 Å². The van der Waals surface area contributed by atoms with E-state index in [1.807, 2.05) is 0 Å². The molecule has 1 aromatic carbocycles. The first-order valence-corrected chi connectivity index (χ1v) is 8.77. The van der Waals surface area contributed by atoms with Crippen molar-refractivity contribution in [2.24, 2.45) is 23.7 Å². The van der Waals surface area contributed by atoms with E-state index in [1.165, 1.54) is 36.1 Å². The van der Waals surface area contributed by atoms with Crippen LogP contribution in [0.15, 0.2) is 42.5 Å². The minimum absolute atomic E-state index is 0.716. The summed E-state index contributed by atoms with van der Waals surface area (Å²) in [5.74, 6) is 4.72. The lowest BCUT2D eigenvalue weighted by atomic mass is 9.51. The summed E-state index contributed by atoms with van der Waals surface area (Å²) in [6.45, 7) is 8.82. The average molecular weight is 291 g/mol. The summed E-state index contributed by atoms with van der Waals surface area (Å²) in [5.41, 5.74) is 7.46. The van der Waals surface area contributed by atoms with E-state index < -0.39 is 0 Å². The third-order valence-electron chi connectivity index (χ3n) is 7.29. The molecular formula is C21H25N. The zero-order chi connectivity index (χ0) is 15.2. The monoisotopic (exact) mass is 291 g/mol. The molecule has 0 amide bonds. The Hall–Kier alpha value is -1.50. The molecule has 0 heterocycles. The van der Waals surface area contributed by atoms with Gasteiger partial charge in [0.15, 0.2) is 0 Å². The molecule has 0 unspecified atom stereocenters. The van der Waals surface area contributed by atoms with E-state index in [0.29, 0.717) is 5.92 Å². The van der Waals surface area contributed by atoms with Gasteiger partial charge in [-0.15, -0.1) is 0 Å². The molecule has 4 bridgehead atoms. The Morgan fingerprint density at radius 3 is 2.05 bits per heavy atom. The lowest BCUT2D eigenvalue weighted by Crippen LogP contribution is -2.44. The molecule has 0 radical (unpaired) electrons. The average Bonchev–Trinajstić information content (AvgIpc) is 3.09. The van der Waals surface area contributed by atoms with E-state index in [9.17, 15) is 0 Å². The van der Waals surface area contributed by atoms with Gasteiger partial charge in [-0.1, -0.05) is 19.2 Å². The fourth-order valence-electron chi connectivity index (χ4n) is 6.42. The molecule has 114 valence electrons. The predicted molar refractivity (Wildman–Crippen MR) is 92.3 cm³/mol. The third kappa shape index (κ3) is 1.36. The fourth-order valence-corrected chi connectivity index (χ4v) is 6.42. The maximum Gasteiger partial charge on any atom is 0.0364 e. The van der Waals surface area contributed by atoms with Gasteiger partial charge in [-0.2, -0.15) is 0 Å². The molecule has 6 atom stereocenters. The number of nitrogens with zero attached hydrogens (tertiary/aromatic N) is 1. The highest BCUT2D eigenvalue weighted by atomic mass is 15.1. The van der Waals surface area contributed by atoms with Crippen LogP contribution in [-0.4, -0.2) is 14.1 Å². The summed E-state index contributed by atoms with van der Waals surface area (Å²) in [7, 11) is 4.29. The van der Waals surface area contributed by atoms with E-state index in [0.717, 1.165) is 29.6 Å². The number of hydrogen-bond donors (Lipinski definition) is 0. The summed E-state index contributed by atoms with van der Waals surface area (Å²) in [6, 6.07) is 7.20. The van der Waals surface area contributed by atoms with Gasteiger partial charge in [0, 0.05) is 19.8 Å². The van der Waals surface area contributed by atoms with E-state index in [1.54, 1.807) is 11.1 Å². The van der Waals surface area contributed by atoms with Gasteiger partial charge in [-0.25, -0.2) is 0 Å². The van der Waals surface area contributed by atoms with Crippen molar-refractivity contribution in [3.8, 4) is 0 Å². The van der Waals surface area contributed by atoms with Gasteiger partial charge in [-0.05, 0) is 89.2 Å². The Morgan fingerprint density at radius 1 is 0.864 bits per heavy atom. The van der Waals surface area contributed by atoms with Crippen LogP contribution in [-0.2, 0) is 0 Å². The molecule has 5 aliphatic rings. The Morgan fingerprint density at radius 2 is 1.45 bits per heavy atom. The molecule has 0 aliphatic heterocycles. The zero-order valence-electron chi connectivity index (χ0n) is 13.7. The summed E-state index contributed by atoms with van der Waals surface area (Å²) >= 11 is 0. The van der Waals surface area contributed by atoms with E-state index >= 15 is 0 Å². The summed E-state index contributed by atoms with van der Waals surface area (Å²) < 4.78 is 0. The molecule has 4 fully saturated rings. The first-order valence-electron chi connectivity index (χ1n) is 8.77. The van der Waals surface area contributed by atoms with Crippen LogP contribution < -0.4 is 4.90 Å². The molecule has 0 aromatic heterocycles. The summed E-state index contributed by atoms with van der Waals surface area (Å²) in [4.78, 5) is 2.23. The van der Waals surface area contributed by atoms with Gasteiger partial charge in [0.25, 0.3) is 0 Å². The van der Waals surface area contributed by atoms with Crippen molar-refractivity contribution in [1.29, 1.82) is 0 Å². The van der Waals surface area contributed by atoms with Crippen molar-refractivity contribution in [1.82, 2.24) is 0 Å². The highest BCUT2D eigenvalue weighted by Gasteiger charge is 2.60. The minimum Gasteiger partial charge on any atom is -0.378 e. The lowest BCUT2D eigenvalue weighted by Gasteiger charge is -2.53. The number of rotatable bonds is 1. The molecule has 0 N–H and O–H groups in total. The van der Waals surface area contributed by atoms with Crippen LogP contribution in [0.4, 0.5) is 5.69 Å². The number of benzene rings is 1. The molecule has 6 rings (SSSR count). The van der Waals surface area contributed by atoms with Crippen LogP contribution in [0.5, 0.6) is 0 Å². The second-order valence-electron chi connectivity index (χ2n) is 8.15. The SMILES string of the molecule is C=C1C(=C)[C@@H]2CC[C@H]1[C@@H]1[C@H]2[C@@H]2C[C@H]1c1cc(N(C)C)ccc12. The normalized spacial score (nSPS) is 40.8. The smallest absolute Gasteiger partial charge is 0.0364 e. The zero-order valence-corrected chi connectivity index (χ0v) is 13.7. The largest absolute Gasteiger partial charge is 0.378 e. The molecular weight excluding hydrogens is 266 g/mol. The Labute approximate surface area is 133 Å². The van der Waals surface area contributed by atoms with Crippen LogP contribution in [0, 0.1) is 23.7 Å². The standard InChI is InChI=1S/C21H25N/c1-11-12(2)15-8-7-14(11)20-18-10-19(21(15)20)17-9-13(22(3)4)5-6-16(17)18/h5-6,9,14-15,18-21H,1-2,7-8,10H2,3-4H3/t14-,15+,18+,19-,20+,21-/m0/s1. The van der Waals surface area contributed by atoms with Crippen molar-refractivity contribution in [2.75, 3.05) is 19.0 Å². The van der Waals surface area contributed by atoms with Gasteiger partial charge < -0.3 is 4.90 Å². The summed E-state index contributed by atoms with van der Waals surface area (Å²) in [5, 5.41) is 0. The van der Waals surface area contributed by atoms with Crippen molar-refractivity contribution >= 4 is 5.69 Å². The minimum atomic E-state index is 0.716. The Kier molecular flexibility index (Phi) is 2.40. The van der Waals surface area contributed by atoms with Crippen LogP contribution in [0.25, 0.3) is 0 Å². The van der Waals surface area contributed by atoms with Gasteiger partial charge in [0.2, 0.25) is 0 Å². The van der Waals surface area contributed by atoms with Gasteiger partial charge in [0.1, 0.15) is 0 Å². The predicted octanol–water partition coefficient (Wildman–Crippen LogP) is 4.72. The molecule has 0 spiro atoms. The van der Waals surface area contributed by atoms with E-state index in [-0.39, 0.29) is 0 Å². The topological polar surface area (TPSA) is 3.24 Å². The first kappa shape index (κ1) is 13.0. The van der Waals surface area contributed by atoms with Crippen molar-refractivity contribution < 1.29 is 0 Å². The number of hydrogen-bond acceptors (Lipinski definition) is 1.